The van der Waals surface area contributed by atoms with E-state index in [1.54, 1.807) is 0 Å². The predicted molar refractivity (Wildman–Crippen MR) is 49.8 cm³/mol. The Morgan fingerprint density at radius 3 is 2.36 bits per heavy atom. The van der Waals surface area contributed by atoms with Crippen molar-refractivity contribution in [3.05, 3.63) is 47.2 Å². The number of hydrogen-bond acceptors (Lipinski definition) is 2. The SMILES string of the molecule is NC/C(O)=C\Cc1cc(F)cc(F)c1. The molecule has 76 valence electrons. The predicted octanol–water partition coefficient (Wildman–Crippen LogP) is 1.91. The van der Waals surface area contributed by atoms with Crippen molar-refractivity contribution < 1.29 is 13.9 Å². The summed E-state index contributed by atoms with van der Waals surface area (Å²) in [5.74, 6) is -1.24. The third kappa shape index (κ3) is 3.14. The molecule has 0 saturated carbocycles. The molecule has 2 nitrogen and oxygen atoms in total. The standard InChI is InChI=1S/C10H11F2NO/c11-8-3-7(4-9(12)5-8)1-2-10(14)6-13/h2-5,14H,1,6,13H2/b10-2+. The number of rotatable bonds is 3. The van der Waals surface area contributed by atoms with E-state index < -0.39 is 11.6 Å². The van der Waals surface area contributed by atoms with Crippen molar-refractivity contribution in [3.63, 3.8) is 0 Å². The molecule has 0 aliphatic carbocycles. The fourth-order valence-electron chi connectivity index (χ4n) is 1.05. The Hall–Kier alpha value is -1.42. The van der Waals surface area contributed by atoms with E-state index in [1.165, 1.54) is 18.2 Å². The van der Waals surface area contributed by atoms with Crippen LogP contribution in [0.5, 0.6) is 0 Å². The van der Waals surface area contributed by atoms with Crippen LogP contribution >= 0.6 is 0 Å². The molecule has 0 aliphatic heterocycles. The normalized spacial score (nSPS) is 11.8. The van der Waals surface area contributed by atoms with E-state index in [2.05, 4.69) is 0 Å². The summed E-state index contributed by atoms with van der Waals surface area (Å²) >= 11 is 0. The zero-order chi connectivity index (χ0) is 10.6. The van der Waals surface area contributed by atoms with Crippen LogP contribution < -0.4 is 5.73 Å². The van der Waals surface area contributed by atoms with Crippen molar-refractivity contribution in [2.45, 2.75) is 6.42 Å². The second kappa shape index (κ2) is 4.72. The van der Waals surface area contributed by atoms with Crippen LogP contribution in [0.25, 0.3) is 0 Å². The van der Waals surface area contributed by atoms with Crippen LogP contribution in [0, 0.1) is 11.6 Å². The first-order chi connectivity index (χ1) is 6.61. The first kappa shape index (κ1) is 10.7. The molecule has 1 aromatic rings. The number of hydrogen-bond donors (Lipinski definition) is 2. The number of benzene rings is 1. The maximum Gasteiger partial charge on any atom is 0.126 e. The van der Waals surface area contributed by atoms with Gasteiger partial charge in [-0.15, -0.1) is 0 Å². The molecular weight excluding hydrogens is 188 g/mol. The minimum Gasteiger partial charge on any atom is -0.511 e. The van der Waals surface area contributed by atoms with Crippen LogP contribution in [-0.4, -0.2) is 11.7 Å². The van der Waals surface area contributed by atoms with Gasteiger partial charge in [0.1, 0.15) is 17.4 Å². The largest absolute Gasteiger partial charge is 0.511 e. The fraction of sp³-hybridized carbons (Fsp3) is 0.200. The van der Waals surface area contributed by atoms with E-state index in [1.807, 2.05) is 0 Å². The highest BCUT2D eigenvalue weighted by molar-refractivity contribution is 5.20. The molecule has 0 aromatic heterocycles. The second-order valence-corrected chi connectivity index (χ2v) is 2.88. The summed E-state index contributed by atoms with van der Waals surface area (Å²) in [6.45, 7) is 0.0256. The summed E-state index contributed by atoms with van der Waals surface area (Å²) in [4.78, 5) is 0. The van der Waals surface area contributed by atoms with Gasteiger partial charge in [0.2, 0.25) is 0 Å². The first-order valence-corrected chi connectivity index (χ1v) is 4.15. The molecule has 0 amide bonds. The molecule has 0 heterocycles. The molecule has 0 aliphatic rings. The van der Waals surface area contributed by atoms with Crippen LogP contribution in [0.4, 0.5) is 8.78 Å². The highest BCUT2D eigenvalue weighted by Crippen LogP contribution is 2.09. The highest BCUT2D eigenvalue weighted by Gasteiger charge is 1.99. The zero-order valence-corrected chi connectivity index (χ0v) is 7.50. The Bertz CT molecular complexity index is 330. The lowest BCUT2D eigenvalue weighted by atomic mass is 10.1. The maximum absolute atomic E-state index is 12.7. The van der Waals surface area contributed by atoms with Crippen LogP contribution in [0.3, 0.4) is 0 Å². The van der Waals surface area contributed by atoms with Crippen molar-refractivity contribution in [2.24, 2.45) is 5.73 Å². The molecule has 1 rings (SSSR count). The van der Waals surface area contributed by atoms with E-state index in [-0.39, 0.29) is 18.7 Å². The molecule has 1 aromatic carbocycles. The van der Waals surface area contributed by atoms with Crippen LogP contribution in [0.15, 0.2) is 30.0 Å². The van der Waals surface area contributed by atoms with E-state index in [4.69, 9.17) is 10.8 Å². The van der Waals surface area contributed by atoms with Gasteiger partial charge in [-0.25, -0.2) is 8.78 Å². The van der Waals surface area contributed by atoms with Gasteiger partial charge in [-0.1, -0.05) is 0 Å². The topological polar surface area (TPSA) is 46.2 Å². The molecule has 0 fully saturated rings. The maximum atomic E-state index is 12.7. The summed E-state index contributed by atoms with van der Waals surface area (Å²) < 4.78 is 25.4. The highest BCUT2D eigenvalue weighted by atomic mass is 19.1. The average molecular weight is 199 g/mol. The van der Waals surface area contributed by atoms with Gasteiger partial charge in [-0.3, -0.25) is 0 Å². The summed E-state index contributed by atoms with van der Waals surface area (Å²) in [5, 5.41) is 9.01. The second-order valence-electron chi connectivity index (χ2n) is 2.88. The van der Waals surface area contributed by atoms with Crippen molar-refractivity contribution >= 4 is 0 Å². The van der Waals surface area contributed by atoms with Crippen LogP contribution in [0.2, 0.25) is 0 Å². The number of aliphatic hydroxyl groups excluding tert-OH is 1. The summed E-state index contributed by atoms with van der Waals surface area (Å²) in [5.41, 5.74) is 5.59. The summed E-state index contributed by atoms with van der Waals surface area (Å²) in [6.07, 6.45) is 1.69. The van der Waals surface area contributed by atoms with Crippen molar-refractivity contribution in [1.82, 2.24) is 0 Å². The van der Waals surface area contributed by atoms with E-state index in [9.17, 15) is 8.78 Å². The molecule has 0 saturated heterocycles. The van der Waals surface area contributed by atoms with Crippen molar-refractivity contribution in [1.29, 1.82) is 0 Å². The lowest BCUT2D eigenvalue weighted by Crippen LogP contribution is -2.02. The van der Waals surface area contributed by atoms with Gasteiger partial charge in [0.05, 0.1) is 6.54 Å². The summed E-state index contributed by atoms with van der Waals surface area (Å²) in [7, 11) is 0. The Morgan fingerprint density at radius 2 is 1.86 bits per heavy atom. The third-order valence-corrected chi connectivity index (χ3v) is 1.70. The van der Waals surface area contributed by atoms with Gasteiger partial charge < -0.3 is 10.8 Å². The first-order valence-electron chi connectivity index (χ1n) is 4.15. The smallest absolute Gasteiger partial charge is 0.126 e. The molecule has 0 unspecified atom stereocenters. The van der Waals surface area contributed by atoms with Crippen LogP contribution in [0.1, 0.15) is 5.56 Å². The molecular formula is C10H11F2NO. The Labute approximate surface area is 80.7 Å². The number of nitrogens with two attached hydrogens (primary N) is 1. The quantitative estimate of drug-likeness (QED) is 0.730. The Kier molecular flexibility index (Phi) is 3.59. The van der Waals surface area contributed by atoms with E-state index >= 15 is 0 Å². The molecule has 14 heavy (non-hydrogen) atoms. The Balaban J connectivity index is 2.77. The third-order valence-electron chi connectivity index (χ3n) is 1.70. The van der Waals surface area contributed by atoms with Crippen molar-refractivity contribution in [3.8, 4) is 0 Å². The molecule has 3 N–H and O–H groups in total. The monoisotopic (exact) mass is 199 g/mol. The van der Waals surface area contributed by atoms with E-state index in [0.717, 1.165) is 6.07 Å². The number of allylic oxidation sites excluding steroid dienone is 1. The number of halogens is 2. The fourth-order valence-corrected chi connectivity index (χ4v) is 1.05. The van der Waals surface area contributed by atoms with Gasteiger partial charge in [-0.05, 0) is 30.2 Å². The van der Waals surface area contributed by atoms with Crippen molar-refractivity contribution in [2.75, 3.05) is 6.54 Å². The van der Waals surface area contributed by atoms with Gasteiger partial charge in [0, 0.05) is 6.07 Å². The average Bonchev–Trinajstić information content (AvgIpc) is 2.12. The minimum absolute atomic E-state index is 0.00895. The van der Waals surface area contributed by atoms with Gasteiger partial charge >= 0.3 is 0 Å². The number of aliphatic hydroxyl groups is 1. The zero-order valence-electron chi connectivity index (χ0n) is 7.50. The Morgan fingerprint density at radius 1 is 1.29 bits per heavy atom. The molecule has 0 spiro atoms. The lowest BCUT2D eigenvalue weighted by Gasteiger charge is -1.99. The van der Waals surface area contributed by atoms with Gasteiger partial charge in [0.15, 0.2) is 0 Å². The summed E-state index contributed by atoms with van der Waals surface area (Å²) in [6, 6.07) is 3.22. The van der Waals surface area contributed by atoms with E-state index in [0.29, 0.717) is 5.56 Å². The minimum atomic E-state index is -0.624. The molecule has 0 bridgehead atoms. The lowest BCUT2D eigenvalue weighted by molar-refractivity contribution is 0.401. The van der Waals surface area contributed by atoms with Crippen LogP contribution in [-0.2, 0) is 6.42 Å². The molecule has 4 heteroatoms. The van der Waals surface area contributed by atoms with Gasteiger partial charge in [0.25, 0.3) is 0 Å². The molecule has 0 radical (unpaired) electrons. The molecule has 0 atom stereocenters. The van der Waals surface area contributed by atoms with Gasteiger partial charge in [-0.2, -0.15) is 0 Å².